The summed E-state index contributed by atoms with van der Waals surface area (Å²) in [7, 11) is 0. The average molecular weight is 272 g/mol. The van der Waals surface area contributed by atoms with Crippen LogP contribution in [0.5, 0.6) is 0 Å². The first-order valence-corrected chi connectivity index (χ1v) is 6.10. The second kappa shape index (κ2) is 5.16. The van der Waals surface area contributed by atoms with Gasteiger partial charge in [0.05, 0.1) is 16.6 Å². The van der Waals surface area contributed by atoms with Gasteiger partial charge in [0, 0.05) is 11.6 Å². The van der Waals surface area contributed by atoms with Crippen LogP contribution in [0.2, 0.25) is 0 Å². The number of amides is 1. The molecule has 0 aliphatic carbocycles. The lowest BCUT2D eigenvalue weighted by atomic mass is 10.0. The minimum atomic E-state index is -0.956. The highest BCUT2D eigenvalue weighted by molar-refractivity contribution is 6.07. The molecule has 1 aromatic carbocycles. The molecule has 20 heavy (non-hydrogen) atoms. The van der Waals surface area contributed by atoms with Crippen LogP contribution in [0.1, 0.15) is 24.2 Å². The predicted molar refractivity (Wildman–Crippen MR) is 76.7 cm³/mol. The van der Waals surface area contributed by atoms with E-state index in [-0.39, 0.29) is 11.7 Å². The number of carbonyl (C=O) groups excluding carboxylic acids is 1. The van der Waals surface area contributed by atoms with Crippen molar-refractivity contribution in [1.29, 1.82) is 0 Å². The molecular weight excluding hydrogens is 256 g/mol. The van der Waals surface area contributed by atoms with Crippen molar-refractivity contribution in [2.75, 3.05) is 0 Å². The predicted octanol–water partition coefficient (Wildman–Crippen LogP) is 1.49. The highest BCUT2D eigenvalue weighted by Gasteiger charge is 2.27. The van der Waals surface area contributed by atoms with E-state index in [1.807, 2.05) is 18.2 Å². The summed E-state index contributed by atoms with van der Waals surface area (Å²) in [4.78, 5) is 16.6. The Morgan fingerprint density at radius 2 is 2.05 bits per heavy atom. The minimum Gasteiger partial charge on any atom is -0.409 e. The molecule has 104 valence electrons. The van der Waals surface area contributed by atoms with Crippen molar-refractivity contribution in [2.45, 2.75) is 19.4 Å². The number of aromatic nitrogens is 1. The average Bonchev–Trinajstić information content (AvgIpc) is 2.45. The van der Waals surface area contributed by atoms with Crippen molar-refractivity contribution in [3.05, 3.63) is 42.1 Å². The molecule has 2 rings (SSSR count). The van der Waals surface area contributed by atoms with E-state index in [1.54, 1.807) is 32.2 Å². The second-order valence-corrected chi connectivity index (χ2v) is 4.95. The lowest BCUT2D eigenvalue weighted by Crippen LogP contribution is -2.53. The van der Waals surface area contributed by atoms with Gasteiger partial charge in [0.2, 0.25) is 0 Å². The number of hydrogen-bond acceptors (Lipinski definition) is 4. The Morgan fingerprint density at radius 3 is 2.75 bits per heavy atom. The molecule has 1 aromatic heterocycles. The van der Waals surface area contributed by atoms with Crippen LogP contribution in [-0.2, 0) is 0 Å². The van der Waals surface area contributed by atoms with Crippen molar-refractivity contribution in [2.24, 2.45) is 10.9 Å². The van der Waals surface area contributed by atoms with Gasteiger partial charge in [0.1, 0.15) is 0 Å². The first-order valence-electron chi connectivity index (χ1n) is 6.10. The van der Waals surface area contributed by atoms with Crippen LogP contribution in [0.25, 0.3) is 10.9 Å². The maximum absolute atomic E-state index is 12.4. The quantitative estimate of drug-likeness (QED) is 0.341. The fourth-order valence-electron chi connectivity index (χ4n) is 1.83. The Bertz CT molecular complexity index is 674. The molecule has 1 heterocycles. The molecule has 4 N–H and O–H groups in total. The largest absolute Gasteiger partial charge is 0.409 e. The van der Waals surface area contributed by atoms with Crippen molar-refractivity contribution < 1.29 is 10.0 Å². The molecule has 1 amide bonds. The topological polar surface area (TPSA) is 101 Å². The third-order valence-corrected chi connectivity index (χ3v) is 3.05. The number of para-hydroxylation sites is 1. The van der Waals surface area contributed by atoms with E-state index in [9.17, 15) is 4.79 Å². The Balaban J connectivity index is 2.38. The van der Waals surface area contributed by atoms with Crippen LogP contribution in [0.15, 0.2) is 41.7 Å². The Kier molecular flexibility index (Phi) is 3.56. The van der Waals surface area contributed by atoms with E-state index in [1.165, 1.54) is 0 Å². The molecular formula is C14H16N4O2. The number of rotatable bonds is 3. The van der Waals surface area contributed by atoms with Crippen LogP contribution >= 0.6 is 0 Å². The van der Waals surface area contributed by atoms with E-state index in [2.05, 4.69) is 15.5 Å². The standard InChI is InChI=1S/C14H16N4O2/c1-14(2,13(15)18-20)17-12(19)10-7-3-5-9-6-4-8-16-11(9)10/h3-8,20H,1-2H3,(H2,15,18)(H,17,19). The molecule has 0 radical (unpaired) electrons. The summed E-state index contributed by atoms with van der Waals surface area (Å²) in [5.74, 6) is -0.398. The second-order valence-electron chi connectivity index (χ2n) is 4.95. The van der Waals surface area contributed by atoms with Crippen molar-refractivity contribution in [3.63, 3.8) is 0 Å². The Morgan fingerprint density at radius 1 is 1.35 bits per heavy atom. The van der Waals surface area contributed by atoms with Gasteiger partial charge in [-0.25, -0.2) is 0 Å². The zero-order valence-corrected chi connectivity index (χ0v) is 11.3. The van der Waals surface area contributed by atoms with E-state index in [4.69, 9.17) is 10.9 Å². The van der Waals surface area contributed by atoms with Gasteiger partial charge in [-0.3, -0.25) is 9.78 Å². The van der Waals surface area contributed by atoms with Gasteiger partial charge in [-0.05, 0) is 26.0 Å². The molecule has 0 fully saturated rings. The van der Waals surface area contributed by atoms with Gasteiger partial charge in [-0.15, -0.1) is 0 Å². The van der Waals surface area contributed by atoms with E-state index < -0.39 is 5.54 Å². The normalized spacial score (nSPS) is 12.4. The number of amidine groups is 1. The zero-order chi connectivity index (χ0) is 14.8. The monoisotopic (exact) mass is 272 g/mol. The molecule has 2 aromatic rings. The Labute approximate surface area is 116 Å². The van der Waals surface area contributed by atoms with E-state index >= 15 is 0 Å². The number of nitrogens with two attached hydrogens (primary N) is 1. The van der Waals surface area contributed by atoms with Crippen molar-refractivity contribution in [1.82, 2.24) is 10.3 Å². The summed E-state index contributed by atoms with van der Waals surface area (Å²) in [6, 6.07) is 9.05. The lowest BCUT2D eigenvalue weighted by molar-refractivity contribution is 0.0932. The maximum Gasteiger partial charge on any atom is 0.254 e. The van der Waals surface area contributed by atoms with Gasteiger partial charge in [-0.1, -0.05) is 23.4 Å². The lowest BCUT2D eigenvalue weighted by Gasteiger charge is -2.24. The zero-order valence-electron chi connectivity index (χ0n) is 11.3. The van der Waals surface area contributed by atoms with Gasteiger partial charge in [0.25, 0.3) is 5.91 Å². The number of pyridine rings is 1. The molecule has 0 spiro atoms. The number of fused-ring (bicyclic) bond motifs is 1. The summed E-state index contributed by atoms with van der Waals surface area (Å²) in [5, 5.41) is 15.3. The molecule has 6 heteroatoms. The fourth-order valence-corrected chi connectivity index (χ4v) is 1.83. The van der Waals surface area contributed by atoms with Gasteiger partial charge in [0.15, 0.2) is 5.84 Å². The molecule has 0 saturated carbocycles. The summed E-state index contributed by atoms with van der Waals surface area (Å²) in [6.07, 6.45) is 1.63. The fraction of sp³-hybridized carbons (Fsp3) is 0.214. The molecule has 6 nitrogen and oxygen atoms in total. The van der Waals surface area contributed by atoms with Gasteiger partial charge < -0.3 is 16.3 Å². The van der Waals surface area contributed by atoms with Crippen LogP contribution in [0.4, 0.5) is 0 Å². The summed E-state index contributed by atoms with van der Waals surface area (Å²) < 4.78 is 0. The third kappa shape index (κ3) is 2.54. The molecule has 0 aliphatic heterocycles. The molecule has 0 aliphatic rings. The van der Waals surface area contributed by atoms with E-state index in [0.29, 0.717) is 11.1 Å². The summed E-state index contributed by atoms with van der Waals surface area (Å²) in [6.45, 7) is 3.30. The summed E-state index contributed by atoms with van der Waals surface area (Å²) >= 11 is 0. The van der Waals surface area contributed by atoms with Crippen molar-refractivity contribution >= 4 is 22.6 Å². The SMILES string of the molecule is CC(C)(NC(=O)c1cccc2cccnc12)C(N)=NO. The number of carbonyl (C=O) groups is 1. The summed E-state index contributed by atoms with van der Waals surface area (Å²) in [5.41, 5.74) is 5.66. The van der Waals surface area contributed by atoms with Crippen LogP contribution in [0.3, 0.4) is 0 Å². The number of oxime groups is 1. The number of benzene rings is 1. The van der Waals surface area contributed by atoms with E-state index in [0.717, 1.165) is 5.39 Å². The molecule has 0 bridgehead atoms. The number of nitrogens with one attached hydrogen (secondary N) is 1. The molecule has 0 saturated heterocycles. The number of hydrogen-bond donors (Lipinski definition) is 3. The molecule has 0 atom stereocenters. The molecule has 0 unspecified atom stereocenters. The Hall–Kier alpha value is -2.63. The van der Waals surface area contributed by atoms with Gasteiger partial charge >= 0.3 is 0 Å². The van der Waals surface area contributed by atoms with Crippen LogP contribution in [0, 0.1) is 0 Å². The minimum absolute atomic E-state index is 0.0703. The smallest absolute Gasteiger partial charge is 0.254 e. The number of nitrogens with zero attached hydrogens (tertiary/aromatic N) is 2. The maximum atomic E-state index is 12.4. The first-order chi connectivity index (χ1) is 9.45. The van der Waals surface area contributed by atoms with Crippen molar-refractivity contribution in [3.8, 4) is 0 Å². The van der Waals surface area contributed by atoms with Crippen LogP contribution in [-0.4, -0.2) is 27.5 Å². The third-order valence-electron chi connectivity index (χ3n) is 3.05. The van der Waals surface area contributed by atoms with Gasteiger partial charge in [-0.2, -0.15) is 0 Å². The highest BCUT2D eigenvalue weighted by Crippen LogP contribution is 2.16. The highest BCUT2D eigenvalue weighted by atomic mass is 16.4. The van der Waals surface area contributed by atoms with Crippen LogP contribution < -0.4 is 11.1 Å². The first kappa shape index (κ1) is 13.8.